The monoisotopic (exact) mass is 197 g/mol. The molecule has 0 aromatic carbocycles. The summed E-state index contributed by atoms with van der Waals surface area (Å²) in [4.78, 5) is 0. The Morgan fingerprint density at radius 3 is 3.07 bits per heavy atom. The number of aliphatic hydroxyl groups is 1. The minimum Gasteiger partial charge on any atom is -0.389 e. The Hall–Kier alpha value is -0.340. The zero-order valence-corrected chi connectivity index (χ0v) is 9.26. The van der Waals surface area contributed by atoms with Crippen LogP contribution in [0.2, 0.25) is 0 Å². The Morgan fingerprint density at radius 2 is 2.43 bits per heavy atom. The average molecular weight is 197 g/mol. The van der Waals surface area contributed by atoms with Crippen LogP contribution in [0.3, 0.4) is 0 Å². The van der Waals surface area contributed by atoms with Crippen molar-refractivity contribution < 1.29 is 5.11 Å². The minimum absolute atomic E-state index is 0.446. The van der Waals surface area contributed by atoms with Crippen LogP contribution in [0.25, 0.3) is 0 Å². The third-order valence-corrected chi connectivity index (χ3v) is 3.05. The van der Waals surface area contributed by atoms with E-state index in [1.807, 2.05) is 6.08 Å². The van der Waals surface area contributed by atoms with Crippen molar-refractivity contribution in [2.45, 2.75) is 44.6 Å². The molecule has 0 saturated heterocycles. The summed E-state index contributed by atoms with van der Waals surface area (Å²) in [7, 11) is 0. The first kappa shape index (κ1) is 11.7. The molecular formula is C12H23NO. The van der Waals surface area contributed by atoms with Crippen molar-refractivity contribution in [2.75, 3.05) is 13.1 Å². The van der Waals surface area contributed by atoms with Crippen LogP contribution in [-0.4, -0.2) is 23.8 Å². The van der Waals surface area contributed by atoms with Crippen molar-refractivity contribution in [3.05, 3.63) is 12.7 Å². The molecule has 2 unspecified atom stereocenters. The van der Waals surface area contributed by atoms with Gasteiger partial charge in [-0.05, 0) is 31.7 Å². The molecule has 0 aromatic heterocycles. The molecule has 82 valence electrons. The molecule has 1 fully saturated rings. The van der Waals surface area contributed by atoms with Gasteiger partial charge in [0, 0.05) is 6.54 Å². The summed E-state index contributed by atoms with van der Waals surface area (Å²) in [5, 5.41) is 13.5. The van der Waals surface area contributed by atoms with E-state index in [1.54, 1.807) is 0 Å². The lowest BCUT2D eigenvalue weighted by molar-refractivity contribution is -0.0114. The molecule has 0 radical (unpaired) electrons. The highest BCUT2D eigenvalue weighted by Gasteiger charge is 2.31. The van der Waals surface area contributed by atoms with E-state index in [4.69, 9.17) is 0 Å². The summed E-state index contributed by atoms with van der Waals surface area (Å²) in [6, 6.07) is 0. The van der Waals surface area contributed by atoms with E-state index in [0.29, 0.717) is 5.92 Å². The van der Waals surface area contributed by atoms with E-state index >= 15 is 0 Å². The van der Waals surface area contributed by atoms with Gasteiger partial charge in [0.1, 0.15) is 0 Å². The van der Waals surface area contributed by atoms with Crippen molar-refractivity contribution in [3.63, 3.8) is 0 Å². The smallest absolute Gasteiger partial charge is 0.0774 e. The fourth-order valence-electron chi connectivity index (χ4n) is 2.32. The molecular weight excluding hydrogens is 174 g/mol. The molecule has 14 heavy (non-hydrogen) atoms. The van der Waals surface area contributed by atoms with E-state index in [9.17, 15) is 5.11 Å². The first-order valence-corrected chi connectivity index (χ1v) is 5.70. The second-order valence-electron chi connectivity index (χ2n) is 4.68. The Kier molecular flexibility index (Phi) is 4.63. The van der Waals surface area contributed by atoms with E-state index in [2.05, 4.69) is 18.8 Å². The maximum Gasteiger partial charge on any atom is 0.0774 e. The van der Waals surface area contributed by atoms with Crippen LogP contribution in [-0.2, 0) is 0 Å². The van der Waals surface area contributed by atoms with Crippen molar-refractivity contribution in [1.29, 1.82) is 0 Å². The Morgan fingerprint density at radius 1 is 1.64 bits per heavy atom. The summed E-state index contributed by atoms with van der Waals surface area (Å²) in [5.41, 5.74) is -0.446. The topological polar surface area (TPSA) is 32.3 Å². The highest BCUT2D eigenvalue weighted by atomic mass is 16.3. The van der Waals surface area contributed by atoms with Gasteiger partial charge in [-0.15, -0.1) is 6.58 Å². The van der Waals surface area contributed by atoms with Crippen molar-refractivity contribution in [3.8, 4) is 0 Å². The second-order valence-corrected chi connectivity index (χ2v) is 4.68. The third kappa shape index (κ3) is 3.81. The number of rotatable bonds is 5. The molecule has 2 atom stereocenters. The molecule has 0 bridgehead atoms. The van der Waals surface area contributed by atoms with Crippen molar-refractivity contribution in [1.82, 2.24) is 5.32 Å². The van der Waals surface area contributed by atoms with Crippen LogP contribution in [0.15, 0.2) is 12.7 Å². The van der Waals surface area contributed by atoms with Gasteiger partial charge in [0.15, 0.2) is 0 Å². The molecule has 2 nitrogen and oxygen atoms in total. The fraction of sp³-hybridized carbons (Fsp3) is 0.833. The lowest BCUT2D eigenvalue weighted by atomic mass is 9.79. The van der Waals surface area contributed by atoms with Crippen LogP contribution >= 0.6 is 0 Å². The maximum atomic E-state index is 10.3. The molecule has 0 spiro atoms. The molecule has 1 saturated carbocycles. The molecule has 2 heteroatoms. The molecule has 0 heterocycles. The molecule has 0 amide bonds. The third-order valence-electron chi connectivity index (χ3n) is 3.05. The number of hydrogen-bond donors (Lipinski definition) is 2. The van der Waals surface area contributed by atoms with Gasteiger partial charge in [0.05, 0.1) is 5.60 Å². The molecule has 0 aliphatic heterocycles. The fourth-order valence-corrected chi connectivity index (χ4v) is 2.32. The van der Waals surface area contributed by atoms with Gasteiger partial charge in [0.25, 0.3) is 0 Å². The van der Waals surface area contributed by atoms with Gasteiger partial charge in [-0.1, -0.05) is 25.8 Å². The lowest BCUT2D eigenvalue weighted by Crippen LogP contribution is -2.44. The summed E-state index contributed by atoms with van der Waals surface area (Å²) in [6.07, 6.45) is 7.23. The van der Waals surface area contributed by atoms with Crippen molar-refractivity contribution in [2.24, 2.45) is 5.92 Å². The van der Waals surface area contributed by atoms with Gasteiger partial charge >= 0.3 is 0 Å². The van der Waals surface area contributed by atoms with Crippen molar-refractivity contribution >= 4 is 0 Å². The largest absolute Gasteiger partial charge is 0.389 e. The summed E-state index contributed by atoms with van der Waals surface area (Å²) >= 11 is 0. The predicted octanol–water partition coefficient (Wildman–Crippen LogP) is 2.09. The van der Waals surface area contributed by atoms with Crippen LogP contribution in [0.1, 0.15) is 39.0 Å². The number of nitrogens with one attached hydrogen (secondary N) is 1. The number of hydrogen-bond acceptors (Lipinski definition) is 2. The molecule has 1 aliphatic rings. The van der Waals surface area contributed by atoms with Gasteiger partial charge in [-0.3, -0.25) is 0 Å². The SMILES string of the molecule is C=CCCNCC1(O)CCCC(C)C1. The van der Waals surface area contributed by atoms with Crippen LogP contribution in [0.5, 0.6) is 0 Å². The Labute approximate surface area is 87.4 Å². The van der Waals surface area contributed by atoms with Crippen LogP contribution in [0.4, 0.5) is 0 Å². The second kappa shape index (κ2) is 5.52. The Bertz CT molecular complexity index is 181. The zero-order chi connectivity index (χ0) is 10.4. The summed E-state index contributed by atoms with van der Waals surface area (Å²) < 4.78 is 0. The molecule has 2 N–H and O–H groups in total. The normalized spacial score (nSPS) is 32.9. The minimum atomic E-state index is -0.446. The van der Waals surface area contributed by atoms with Gasteiger partial charge in [-0.25, -0.2) is 0 Å². The summed E-state index contributed by atoms with van der Waals surface area (Å²) in [5.74, 6) is 0.676. The first-order valence-electron chi connectivity index (χ1n) is 5.70. The standard InChI is InChI=1S/C12H23NO/c1-3-4-8-13-10-12(14)7-5-6-11(2)9-12/h3,11,13-14H,1,4-10H2,2H3. The molecule has 0 aromatic rings. The highest BCUT2D eigenvalue weighted by Crippen LogP contribution is 2.31. The van der Waals surface area contributed by atoms with E-state index in [1.165, 1.54) is 12.8 Å². The first-order chi connectivity index (χ1) is 6.66. The zero-order valence-electron chi connectivity index (χ0n) is 9.26. The van der Waals surface area contributed by atoms with Gasteiger partial charge in [0.2, 0.25) is 0 Å². The van der Waals surface area contributed by atoms with E-state index in [0.717, 1.165) is 32.4 Å². The van der Waals surface area contributed by atoms with Crippen LogP contribution < -0.4 is 5.32 Å². The van der Waals surface area contributed by atoms with Gasteiger partial charge < -0.3 is 10.4 Å². The maximum absolute atomic E-state index is 10.3. The Balaban J connectivity index is 2.22. The lowest BCUT2D eigenvalue weighted by Gasteiger charge is -2.35. The highest BCUT2D eigenvalue weighted by molar-refractivity contribution is 4.87. The molecule has 1 rings (SSSR count). The average Bonchev–Trinajstić information content (AvgIpc) is 2.12. The molecule has 1 aliphatic carbocycles. The van der Waals surface area contributed by atoms with Crippen LogP contribution in [0, 0.1) is 5.92 Å². The van der Waals surface area contributed by atoms with E-state index < -0.39 is 5.60 Å². The van der Waals surface area contributed by atoms with Gasteiger partial charge in [-0.2, -0.15) is 0 Å². The summed E-state index contributed by atoms with van der Waals surface area (Å²) in [6.45, 7) is 7.57. The quantitative estimate of drug-likeness (QED) is 0.522. The van der Waals surface area contributed by atoms with E-state index in [-0.39, 0.29) is 0 Å². The predicted molar refractivity (Wildman–Crippen MR) is 60.3 cm³/mol.